The van der Waals surface area contributed by atoms with E-state index in [1.165, 1.54) is 0 Å². The van der Waals surface area contributed by atoms with Crippen LogP contribution in [0.1, 0.15) is 33.5 Å². The highest BCUT2D eigenvalue weighted by atomic mass is 19.4. The summed E-state index contributed by atoms with van der Waals surface area (Å²) in [6, 6.07) is 0.846. The molecule has 0 fully saturated rings. The lowest BCUT2D eigenvalue weighted by atomic mass is 9.96. The number of aromatic hydroxyl groups is 1. The first-order valence-corrected chi connectivity index (χ1v) is 5.39. The summed E-state index contributed by atoms with van der Waals surface area (Å²) in [5.74, 6) is -1.36. The molecular weight excluding hydrogens is 249 g/mol. The van der Waals surface area contributed by atoms with Crippen LogP contribution < -0.4 is 0 Å². The molecule has 0 radical (unpaired) electrons. The van der Waals surface area contributed by atoms with Gasteiger partial charge in [-0.25, -0.2) is 4.79 Å². The van der Waals surface area contributed by atoms with Gasteiger partial charge < -0.3 is 9.84 Å². The predicted molar refractivity (Wildman–Crippen MR) is 56.5 cm³/mol. The summed E-state index contributed by atoms with van der Waals surface area (Å²) < 4.78 is 43.5. The van der Waals surface area contributed by atoms with Gasteiger partial charge in [-0.2, -0.15) is 13.2 Å². The number of hydrogen-bond donors (Lipinski definition) is 1. The number of benzene rings is 1. The summed E-state index contributed by atoms with van der Waals surface area (Å²) in [6.07, 6.45) is -3.49. The minimum atomic E-state index is -4.63. The molecule has 1 aromatic rings. The van der Waals surface area contributed by atoms with Crippen molar-refractivity contribution in [2.75, 3.05) is 7.11 Å². The molecule has 2 rings (SSSR count). The number of rotatable bonds is 1. The highest BCUT2D eigenvalue weighted by Crippen LogP contribution is 2.43. The second-order valence-corrected chi connectivity index (χ2v) is 4.12. The first kappa shape index (κ1) is 12.7. The number of phenols is 1. The fraction of sp³-hybridized carbons (Fsp3) is 0.417. The standard InChI is InChI=1S/C12H11F3O3/c1-18-11(17)8-5-9(16)6-3-2-4-7(6)10(8)12(13,14)15/h5,16H,2-4H2,1H3. The molecule has 1 aromatic carbocycles. The van der Waals surface area contributed by atoms with Crippen LogP contribution >= 0.6 is 0 Å². The van der Waals surface area contributed by atoms with Crippen LogP contribution in [0, 0.1) is 0 Å². The Labute approximate surface area is 101 Å². The monoisotopic (exact) mass is 260 g/mol. The molecule has 0 heterocycles. The van der Waals surface area contributed by atoms with Gasteiger partial charge in [-0.05, 0) is 36.5 Å². The van der Waals surface area contributed by atoms with E-state index in [1.807, 2.05) is 0 Å². The fourth-order valence-electron chi connectivity index (χ4n) is 2.36. The molecule has 1 aliphatic rings. The molecule has 3 nitrogen and oxygen atoms in total. The van der Waals surface area contributed by atoms with E-state index in [1.54, 1.807) is 0 Å². The Morgan fingerprint density at radius 2 is 1.94 bits per heavy atom. The van der Waals surface area contributed by atoms with E-state index in [0.717, 1.165) is 13.2 Å². The first-order chi connectivity index (χ1) is 8.36. The van der Waals surface area contributed by atoms with Crippen molar-refractivity contribution in [2.45, 2.75) is 25.4 Å². The quantitative estimate of drug-likeness (QED) is 0.790. The van der Waals surface area contributed by atoms with Gasteiger partial charge in [-0.3, -0.25) is 0 Å². The van der Waals surface area contributed by atoms with Gasteiger partial charge in [0, 0.05) is 0 Å². The number of methoxy groups -OCH3 is 1. The zero-order valence-electron chi connectivity index (χ0n) is 9.60. The van der Waals surface area contributed by atoms with Crippen LogP contribution in [-0.4, -0.2) is 18.2 Å². The van der Waals surface area contributed by atoms with Crippen molar-refractivity contribution < 1.29 is 27.8 Å². The average Bonchev–Trinajstić information content (AvgIpc) is 2.75. The molecule has 0 atom stereocenters. The summed E-state index contributed by atoms with van der Waals surface area (Å²) in [5.41, 5.74) is -1.29. The Kier molecular flexibility index (Phi) is 2.96. The average molecular weight is 260 g/mol. The van der Waals surface area contributed by atoms with Crippen LogP contribution in [0.3, 0.4) is 0 Å². The van der Waals surface area contributed by atoms with Crippen LogP contribution in [0.25, 0.3) is 0 Å². The van der Waals surface area contributed by atoms with E-state index in [-0.39, 0.29) is 23.3 Å². The van der Waals surface area contributed by atoms with Gasteiger partial charge in [0.2, 0.25) is 0 Å². The number of esters is 1. The number of phenolic OH excluding ortho intramolecular Hbond substituents is 1. The molecule has 18 heavy (non-hydrogen) atoms. The summed E-state index contributed by atoms with van der Waals surface area (Å²) >= 11 is 0. The molecule has 6 heteroatoms. The topological polar surface area (TPSA) is 46.5 Å². The molecule has 0 aliphatic heterocycles. The van der Waals surface area contributed by atoms with Gasteiger partial charge in [-0.1, -0.05) is 0 Å². The second-order valence-electron chi connectivity index (χ2n) is 4.12. The molecule has 98 valence electrons. The largest absolute Gasteiger partial charge is 0.508 e. The smallest absolute Gasteiger partial charge is 0.417 e. The molecule has 1 N–H and O–H groups in total. The maximum Gasteiger partial charge on any atom is 0.417 e. The third-order valence-corrected chi connectivity index (χ3v) is 3.07. The van der Waals surface area contributed by atoms with Crippen molar-refractivity contribution in [1.82, 2.24) is 0 Å². The Bertz CT molecular complexity index is 506. The number of halogens is 3. The van der Waals surface area contributed by atoms with Gasteiger partial charge in [0.1, 0.15) is 5.75 Å². The summed E-state index contributed by atoms with van der Waals surface area (Å²) in [7, 11) is 1.01. The number of hydrogen-bond acceptors (Lipinski definition) is 3. The van der Waals surface area contributed by atoms with Crippen LogP contribution in [0.4, 0.5) is 13.2 Å². The van der Waals surface area contributed by atoms with Crippen molar-refractivity contribution in [3.05, 3.63) is 28.3 Å². The maximum atomic E-state index is 13.0. The van der Waals surface area contributed by atoms with Gasteiger partial charge in [0.15, 0.2) is 0 Å². The van der Waals surface area contributed by atoms with Crippen molar-refractivity contribution in [3.8, 4) is 5.75 Å². The molecule has 0 amide bonds. The molecule has 1 aliphatic carbocycles. The SMILES string of the molecule is COC(=O)c1cc(O)c2c(c1C(F)(F)F)CCC2. The molecule has 0 bridgehead atoms. The highest BCUT2D eigenvalue weighted by molar-refractivity contribution is 5.92. The lowest BCUT2D eigenvalue weighted by Crippen LogP contribution is -2.17. The predicted octanol–water partition coefficient (Wildman–Crippen LogP) is 2.69. The van der Waals surface area contributed by atoms with E-state index in [0.29, 0.717) is 12.8 Å². The van der Waals surface area contributed by atoms with E-state index in [4.69, 9.17) is 0 Å². The van der Waals surface area contributed by atoms with Gasteiger partial charge >= 0.3 is 12.1 Å². The molecule has 0 spiro atoms. The van der Waals surface area contributed by atoms with Gasteiger partial charge in [0.05, 0.1) is 18.2 Å². The number of carbonyl (C=O) groups is 1. The van der Waals surface area contributed by atoms with Crippen molar-refractivity contribution in [3.63, 3.8) is 0 Å². The molecule has 0 aromatic heterocycles. The molecular formula is C12H11F3O3. The first-order valence-electron chi connectivity index (χ1n) is 5.39. The normalized spacial score (nSPS) is 14.4. The van der Waals surface area contributed by atoms with E-state index >= 15 is 0 Å². The van der Waals surface area contributed by atoms with Crippen molar-refractivity contribution >= 4 is 5.97 Å². The Morgan fingerprint density at radius 3 is 2.50 bits per heavy atom. The zero-order chi connectivity index (χ0) is 13.5. The molecule has 0 saturated heterocycles. The second kappa shape index (κ2) is 4.19. The van der Waals surface area contributed by atoms with Crippen LogP contribution in [-0.2, 0) is 23.8 Å². The third kappa shape index (κ3) is 1.91. The minimum absolute atomic E-state index is 0.0166. The lowest BCUT2D eigenvalue weighted by molar-refractivity contribution is -0.138. The number of fused-ring (bicyclic) bond motifs is 1. The van der Waals surface area contributed by atoms with E-state index < -0.39 is 23.3 Å². The van der Waals surface area contributed by atoms with E-state index in [2.05, 4.69) is 4.74 Å². The van der Waals surface area contributed by atoms with Crippen LogP contribution in [0.15, 0.2) is 6.07 Å². The minimum Gasteiger partial charge on any atom is -0.508 e. The summed E-state index contributed by atoms with van der Waals surface area (Å²) in [6.45, 7) is 0. The summed E-state index contributed by atoms with van der Waals surface area (Å²) in [5, 5.41) is 9.67. The third-order valence-electron chi connectivity index (χ3n) is 3.07. The summed E-state index contributed by atoms with van der Waals surface area (Å²) in [4.78, 5) is 11.4. The Hall–Kier alpha value is -1.72. The Balaban J connectivity index is 2.74. The highest BCUT2D eigenvalue weighted by Gasteiger charge is 2.41. The number of ether oxygens (including phenoxy) is 1. The van der Waals surface area contributed by atoms with Crippen molar-refractivity contribution in [2.24, 2.45) is 0 Å². The molecule has 0 unspecified atom stereocenters. The fourth-order valence-corrected chi connectivity index (χ4v) is 2.36. The maximum absolute atomic E-state index is 13.0. The number of alkyl halides is 3. The zero-order valence-corrected chi connectivity index (χ0v) is 9.60. The van der Waals surface area contributed by atoms with Crippen LogP contribution in [0.2, 0.25) is 0 Å². The van der Waals surface area contributed by atoms with Crippen molar-refractivity contribution in [1.29, 1.82) is 0 Å². The lowest BCUT2D eigenvalue weighted by Gasteiger charge is -2.17. The van der Waals surface area contributed by atoms with Crippen LogP contribution in [0.5, 0.6) is 5.75 Å². The van der Waals surface area contributed by atoms with Gasteiger partial charge in [-0.15, -0.1) is 0 Å². The van der Waals surface area contributed by atoms with E-state index in [9.17, 15) is 23.1 Å². The Morgan fingerprint density at radius 1 is 1.33 bits per heavy atom. The number of carbonyl (C=O) groups excluding carboxylic acids is 1. The molecule has 0 saturated carbocycles. The van der Waals surface area contributed by atoms with Gasteiger partial charge in [0.25, 0.3) is 0 Å².